The van der Waals surface area contributed by atoms with Crippen LogP contribution in [0.2, 0.25) is 0 Å². The van der Waals surface area contributed by atoms with Gasteiger partial charge in [0.1, 0.15) is 6.10 Å². The Bertz CT molecular complexity index is 669. The highest BCUT2D eigenvalue weighted by molar-refractivity contribution is 5.14. The first-order valence-electron chi connectivity index (χ1n) is 8.37. The maximum absolute atomic E-state index is 13.7. The topological polar surface area (TPSA) is 47.7 Å². The molecule has 0 aromatic carbocycles. The summed E-state index contributed by atoms with van der Waals surface area (Å²) in [5, 5.41) is 0. The fourth-order valence-corrected chi connectivity index (χ4v) is 3.60. The van der Waals surface area contributed by atoms with Crippen molar-refractivity contribution in [2.45, 2.75) is 37.5 Å². The third-order valence-electron chi connectivity index (χ3n) is 4.93. The van der Waals surface area contributed by atoms with Crippen LogP contribution in [-0.4, -0.2) is 41.3 Å². The van der Waals surface area contributed by atoms with Crippen molar-refractivity contribution in [1.29, 1.82) is 0 Å². The molecule has 2 saturated heterocycles. The van der Waals surface area contributed by atoms with E-state index in [0.29, 0.717) is 6.61 Å². The van der Waals surface area contributed by atoms with Crippen molar-refractivity contribution >= 4 is 0 Å². The van der Waals surface area contributed by atoms with Gasteiger partial charge in [0, 0.05) is 37.8 Å². The molecule has 0 saturated carbocycles. The smallest absolute Gasteiger partial charge is 0.250 e. The highest BCUT2D eigenvalue weighted by Gasteiger charge is 2.43. The zero-order chi connectivity index (χ0) is 16.4. The van der Waals surface area contributed by atoms with E-state index in [4.69, 9.17) is 13.9 Å². The number of furan rings is 1. The largest absolute Gasteiger partial charge is 0.472 e. The molecule has 0 aliphatic carbocycles. The van der Waals surface area contributed by atoms with Crippen LogP contribution in [0.5, 0.6) is 5.88 Å². The Hall–Kier alpha value is -1.92. The molecule has 0 bridgehead atoms. The Morgan fingerprint density at radius 2 is 2.21 bits per heavy atom. The maximum atomic E-state index is 13.7. The molecular formula is C18H21FN2O3. The lowest BCUT2D eigenvalue weighted by molar-refractivity contribution is -0.0455. The Kier molecular flexibility index (Phi) is 4.24. The second kappa shape index (κ2) is 6.53. The van der Waals surface area contributed by atoms with E-state index in [9.17, 15) is 4.39 Å². The van der Waals surface area contributed by atoms with Gasteiger partial charge in [-0.15, -0.1) is 0 Å². The Labute approximate surface area is 140 Å². The molecule has 1 atom stereocenters. The van der Waals surface area contributed by atoms with E-state index in [0.717, 1.165) is 38.9 Å². The van der Waals surface area contributed by atoms with Crippen LogP contribution < -0.4 is 4.74 Å². The summed E-state index contributed by atoms with van der Waals surface area (Å²) in [6.07, 6.45) is 7.64. The summed E-state index contributed by atoms with van der Waals surface area (Å²) in [4.78, 5) is 6.37. The van der Waals surface area contributed by atoms with E-state index in [1.165, 1.54) is 11.6 Å². The second-order valence-corrected chi connectivity index (χ2v) is 6.64. The lowest BCUT2D eigenvalue weighted by Crippen LogP contribution is -2.44. The van der Waals surface area contributed by atoms with Gasteiger partial charge in [-0.05, 0) is 31.0 Å². The van der Waals surface area contributed by atoms with Gasteiger partial charge in [-0.3, -0.25) is 4.90 Å². The monoisotopic (exact) mass is 332 g/mol. The molecule has 0 radical (unpaired) electrons. The van der Waals surface area contributed by atoms with E-state index in [1.54, 1.807) is 24.8 Å². The van der Waals surface area contributed by atoms with E-state index in [1.807, 2.05) is 6.07 Å². The molecule has 0 unspecified atom stereocenters. The van der Waals surface area contributed by atoms with E-state index in [2.05, 4.69) is 9.88 Å². The van der Waals surface area contributed by atoms with Gasteiger partial charge in [-0.1, -0.05) is 0 Å². The number of pyridine rings is 1. The van der Waals surface area contributed by atoms with Gasteiger partial charge in [0.15, 0.2) is 5.82 Å². The summed E-state index contributed by atoms with van der Waals surface area (Å²) < 4.78 is 30.6. The Morgan fingerprint density at radius 3 is 2.96 bits per heavy atom. The van der Waals surface area contributed by atoms with Gasteiger partial charge in [0.05, 0.1) is 24.7 Å². The normalized spacial score (nSPS) is 23.6. The minimum absolute atomic E-state index is 0.0699. The number of hydrogen-bond acceptors (Lipinski definition) is 5. The van der Waals surface area contributed by atoms with Gasteiger partial charge < -0.3 is 13.9 Å². The van der Waals surface area contributed by atoms with Crippen molar-refractivity contribution in [1.82, 2.24) is 9.88 Å². The average Bonchev–Trinajstić information content (AvgIpc) is 3.23. The molecule has 4 rings (SSSR count). The summed E-state index contributed by atoms with van der Waals surface area (Å²) in [6.45, 7) is 3.37. The van der Waals surface area contributed by atoms with Crippen molar-refractivity contribution < 1.29 is 18.3 Å². The fraction of sp³-hybridized carbons (Fsp3) is 0.500. The molecular weight excluding hydrogens is 311 g/mol. The Morgan fingerprint density at radius 1 is 1.33 bits per heavy atom. The second-order valence-electron chi connectivity index (χ2n) is 6.64. The molecule has 128 valence electrons. The van der Waals surface area contributed by atoms with Crippen LogP contribution >= 0.6 is 0 Å². The third-order valence-corrected chi connectivity index (χ3v) is 4.93. The quantitative estimate of drug-likeness (QED) is 0.861. The highest BCUT2D eigenvalue weighted by atomic mass is 19.1. The molecule has 6 heteroatoms. The van der Waals surface area contributed by atoms with E-state index < -0.39 is 5.82 Å². The summed E-state index contributed by atoms with van der Waals surface area (Å²) in [7, 11) is 0. The predicted molar refractivity (Wildman–Crippen MR) is 85.1 cm³/mol. The minimum atomic E-state index is -0.423. The summed E-state index contributed by atoms with van der Waals surface area (Å²) >= 11 is 0. The van der Waals surface area contributed by atoms with Crippen LogP contribution in [0.15, 0.2) is 41.3 Å². The van der Waals surface area contributed by atoms with Gasteiger partial charge >= 0.3 is 0 Å². The molecule has 5 nitrogen and oxygen atoms in total. The number of halogens is 1. The lowest BCUT2D eigenvalue weighted by atomic mass is 9.88. The fourth-order valence-electron chi connectivity index (χ4n) is 3.60. The van der Waals surface area contributed by atoms with Crippen molar-refractivity contribution in [3.63, 3.8) is 0 Å². The highest BCUT2D eigenvalue weighted by Crippen LogP contribution is 2.37. The SMILES string of the molecule is Fc1cccnc1O[C@@H]1COC2(CCN(Cc3ccoc3)CC2)C1. The number of rotatable bonds is 4. The predicted octanol–water partition coefficient (Wildman–Crippen LogP) is 3.02. The molecule has 2 fully saturated rings. The first kappa shape index (κ1) is 15.6. The summed E-state index contributed by atoms with van der Waals surface area (Å²) in [5.41, 5.74) is 1.06. The minimum Gasteiger partial charge on any atom is -0.472 e. The summed E-state index contributed by atoms with van der Waals surface area (Å²) in [6, 6.07) is 4.93. The number of aromatic nitrogens is 1. The van der Waals surface area contributed by atoms with Gasteiger partial charge in [0.2, 0.25) is 0 Å². The van der Waals surface area contributed by atoms with Crippen LogP contribution in [0.25, 0.3) is 0 Å². The van der Waals surface area contributed by atoms with Gasteiger partial charge in [-0.25, -0.2) is 9.37 Å². The first-order valence-corrected chi connectivity index (χ1v) is 8.37. The molecule has 2 aliphatic heterocycles. The van der Waals surface area contributed by atoms with Crippen LogP contribution in [0.4, 0.5) is 4.39 Å². The summed E-state index contributed by atoms with van der Waals surface area (Å²) in [5.74, 6) is -0.353. The zero-order valence-electron chi connectivity index (χ0n) is 13.5. The number of hydrogen-bond donors (Lipinski definition) is 0. The molecule has 2 aromatic rings. The zero-order valence-corrected chi connectivity index (χ0v) is 13.5. The number of piperidine rings is 1. The van der Waals surface area contributed by atoms with Crippen molar-refractivity contribution in [3.05, 3.63) is 48.3 Å². The van der Waals surface area contributed by atoms with E-state index in [-0.39, 0.29) is 17.6 Å². The van der Waals surface area contributed by atoms with Gasteiger partial charge in [-0.2, -0.15) is 0 Å². The maximum Gasteiger partial charge on any atom is 0.250 e. The van der Waals surface area contributed by atoms with Crippen molar-refractivity contribution in [3.8, 4) is 5.88 Å². The average molecular weight is 332 g/mol. The molecule has 2 aliphatic rings. The molecule has 1 spiro atoms. The molecule has 0 amide bonds. The molecule has 2 aromatic heterocycles. The Balaban J connectivity index is 1.31. The van der Waals surface area contributed by atoms with E-state index >= 15 is 0 Å². The number of likely N-dealkylation sites (tertiary alicyclic amines) is 1. The van der Waals surface area contributed by atoms with Crippen molar-refractivity contribution in [2.24, 2.45) is 0 Å². The van der Waals surface area contributed by atoms with Crippen LogP contribution in [0.3, 0.4) is 0 Å². The molecule has 0 N–H and O–H groups in total. The molecule has 4 heterocycles. The van der Waals surface area contributed by atoms with Crippen LogP contribution in [0, 0.1) is 5.82 Å². The standard InChI is InChI=1S/C18H21FN2O3/c19-16-2-1-6-20-17(16)24-15-10-18(23-13-15)4-7-21(8-5-18)11-14-3-9-22-12-14/h1-3,6,9,12,15H,4-5,7-8,10-11,13H2/t15-/m0/s1. The number of nitrogens with zero attached hydrogens (tertiary/aromatic N) is 2. The first-order chi connectivity index (χ1) is 11.7. The van der Waals surface area contributed by atoms with Crippen molar-refractivity contribution in [2.75, 3.05) is 19.7 Å². The van der Waals surface area contributed by atoms with Gasteiger partial charge in [0.25, 0.3) is 5.88 Å². The number of ether oxygens (including phenoxy) is 2. The third kappa shape index (κ3) is 3.30. The molecule has 24 heavy (non-hydrogen) atoms. The van der Waals surface area contributed by atoms with Crippen LogP contribution in [-0.2, 0) is 11.3 Å². The van der Waals surface area contributed by atoms with Crippen LogP contribution in [0.1, 0.15) is 24.8 Å². The lowest BCUT2D eigenvalue weighted by Gasteiger charge is -2.38.